The molecule has 0 heterocycles. The zero-order valence-electron chi connectivity index (χ0n) is 9.74. The molecule has 1 amide bonds. The van der Waals surface area contributed by atoms with Crippen LogP contribution in [-0.4, -0.2) is 37.3 Å². The molecule has 0 unspecified atom stereocenters. The Hall–Kier alpha value is -1.84. The van der Waals surface area contributed by atoms with Gasteiger partial charge in [-0.05, 0) is 24.6 Å². The Morgan fingerprint density at radius 1 is 1.44 bits per heavy atom. The summed E-state index contributed by atoms with van der Waals surface area (Å²) < 4.78 is 5.18. The van der Waals surface area contributed by atoms with Crippen molar-refractivity contribution in [3.63, 3.8) is 0 Å². The second-order valence-electron chi connectivity index (χ2n) is 3.82. The highest BCUT2D eigenvalue weighted by atomic mass is 16.5. The second kappa shape index (κ2) is 4.79. The number of Topliss-reactive ketones (excluding diaryl/α,β-unsaturated/α-hetero) is 1. The fraction of sp³-hybridized carbons (Fsp3) is 0.333. The molecule has 0 aliphatic heterocycles. The average molecular weight is 221 g/mol. The molecule has 0 aromatic rings. The predicted molar refractivity (Wildman–Crippen MR) is 60.6 cm³/mol. The molecule has 0 fully saturated rings. The molecule has 0 aromatic heterocycles. The Morgan fingerprint density at radius 2 is 2.06 bits per heavy atom. The minimum Gasteiger partial charge on any atom is -0.480 e. The summed E-state index contributed by atoms with van der Waals surface area (Å²) in [6, 6.07) is 0. The first-order valence-corrected chi connectivity index (χ1v) is 4.88. The molecule has 86 valence electrons. The van der Waals surface area contributed by atoms with E-state index in [-0.39, 0.29) is 24.1 Å². The average Bonchev–Trinajstić information content (AvgIpc) is 2.20. The lowest BCUT2D eigenvalue weighted by Gasteiger charge is -2.15. The van der Waals surface area contributed by atoms with Crippen molar-refractivity contribution in [2.24, 2.45) is 0 Å². The number of likely N-dealkylation sites (N-methyl/N-ethyl adjacent to an activating group) is 1. The van der Waals surface area contributed by atoms with Gasteiger partial charge in [0, 0.05) is 19.7 Å². The van der Waals surface area contributed by atoms with Crippen molar-refractivity contribution in [3.05, 3.63) is 35.6 Å². The van der Waals surface area contributed by atoms with E-state index in [0.717, 1.165) is 0 Å². The van der Waals surface area contributed by atoms with Crippen LogP contribution in [0.2, 0.25) is 0 Å². The Kier molecular flexibility index (Phi) is 3.66. The van der Waals surface area contributed by atoms with Crippen LogP contribution in [0.3, 0.4) is 0 Å². The van der Waals surface area contributed by atoms with Crippen molar-refractivity contribution in [1.29, 1.82) is 0 Å². The third-order valence-electron chi connectivity index (χ3n) is 2.15. The molecule has 4 nitrogen and oxygen atoms in total. The lowest BCUT2D eigenvalue weighted by molar-refractivity contribution is -0.132. The highest BCUT2D eigenvalue weighted by Gasteiger charge is 2.18. The van der Waals surface area contributed by atoms with E-state index in [9.17, 15) is 9.59 Å². The normalized spacial score (nSPS) is 15.4. The van der Waals surface area contributed by atoms with Crippen LogP contribution < -0.4 is 0 Å². The molecule has 1 aliphatic carbocycles. The Morgan fingerprint density at radius 3 is 2.62 bits per heavy atom. The fourth-order valence-electron chi connectivity index (χ4n) is 1.19. The van der Waals surface area contributed by atoms with Crippen LogP contribution in [0.15, 0.2) is 35.6 Å². The number of nitrogens with zero attached hydrogens (tertiary/aromatic N) is 1. The molecule has 1 aliphatic rings. The van der Waals surface area contributed by atoms with Crippen molar-refractivity contribution in [2.45, 2.75) is 6.92 Å². The maximum absolute atomic E-state index is 11.6. The van der Waals surface area contributed by atoms with Crippen LogP contribution in [0.4, 0.5) is 0 Å². The molecule has 0 saturated carbocycles. The molecule has 16 heavy (non-hydrogen) atoms. The van der Waals surface area contributed by atoms with E-state index in [1.54, 1.807) is 27.1 Å². The van der Waals surface area contributed by atoms with Gasteiger partial charge >= 0.3 is 0 Å². The highest BCUT2D eigenvalue weighted by Crippen LogP contribution is 2.18. The molecule has 1 rings (SSSR count). The van der Waals surface area contributed by atoms with Crippen molar-refractivity contribution < 1.29 is 14.3 Å². The molecular weight excluding hydrogens is 206 g/mol. The number of carbonyl (C=O) groups excluding carboxylic acids is 2. The first kappa shape index (κ1) is 12.2. The Labute approximate surface area is 94.9 Å². The van der Waals surface area contributed by atoms with Crippen LogP contribution >= 0.6 is 0 Å². The van der Waals surface area contributed by atoms with Crippen LogP contribution in [-0.2, 0) is 14.3 Å². The largest absolute Gasteiger partial charge is 0.480 e. The molecular formula is C12H15NO3. The lowest BCUT2D eigenvalue weighted by Crippen LogP contribution is -2.27. The van der Waals surface area contributed by atoms with Crippen LogP contribution in [0.1, 0.15) is 6.92 Å². The predicted octanol–water partition coefficient (Wildman–Crippen LogP) is 1.06. The number of carbonyl (C=O) groups is 2. The zero-order chi connectivity index (χ0) is 12.3. The molecule has 0 atom stereocenters. The molecule has 0 aromatic carbocycles. The Balaban J connectivity index is 2.65. The van der Waals surface area contributed by atoms with Crippen LogP contribution in [0, 0.1) is 0 Å². The molecule has 0 bridgehead atoms. The summed E-state index contributed by atoms with van der Waals surface area (Å²) in [6.07, 6.45) is 3.22. The molecule has 0 radical (unpaired) electrons. The number of amides is 1. The number of ketones is 1. The summed E-state index contributed by atoms with van der Waals surface area (Å²) in [5.41, 5.74) is 1.27. The van der Waals surface area contributed by atoms with Gasteiger partial charge in [-0.2, -0.15) is 0 Å². The topological polar surface area (TPSA) is 46.6 Å². The smallest absolute Gasteiger partial charge is 0.259 e. The van der Waals surface area contributed by atoms with Crippen LogP contribution in [0.5, 0.6) is 0 Å². The maximum atomic E-state index is 11.6. The molecule has 0 spiro atoms. The summed E-state index contributed by atoms with van der Waals surface area (Å²) in [7, 11) is 3.26. The number of ether oxygens (including phenoxy) is 1. The van der Waals surface area contributed by atoms with Gasteiger partial charge < -0.3 is 9.64 Å². The van der Waals surface area contributed by atoms with Gasteiger partial charge in [0.25, 0.3) is 5.91 Å². The highest BCUT2D eigenvalue weighted by molar-refractivity contribution is 6.08. The summed E-state index contributed by atoms with van der Waals surface area (Å²) in [5.74, 6) is -0.203. The number of rotatable bonds is 3. The third-order valence-corrected chi connectivity index (χ3v) is 2.15. The van der Waals surface area contributed by atoms with E-state index in [4.69, 9.17) is 4.74 Å². The number of hydrogen-bond acceptors (Lipinski definition) is 3. The van der Waals surface area contributed by atoms with Gasteiger partial charge in [-0.1, -0.05) is 6.58 Å². The minimum absolute atomic E-state index is 0.134. The monoisotopic (exact) mass is 221 g/mol. The first-order valence-electron chi connectivity index (χ1n) is 4.88. The van der Waals surface area contributed by atoms with Crippen molar-refractivity contribution >= 4 is 11.7 Å². The lowest BCUT2D eigenvalue weighted by atomic mass is 10.0. The van der Waals surface area contributed by atoms with Crippen molar-refractivity contribution in [3.8, 4) is 0 Å². The summed E-state index contributed by atoms with van der Waals surface area (Å²) in [6.45, 7) is 5.29. The van der Waals surface area contributed by atoms with Gasteiger partial charge in [0.1, 0.15) is 0 Å². The quantitative estimate of drug-likeness (QED) is 0.716. The van der Waals surface area contributed by atoms with E-state index in [2.05, 4.69) is 6.58 Å². The first-order chi connectivity index (χ1) is 7.41. The van der Waals surface area contributed by atoms with E-state index < -0.39 is 0 Å². The molecule has 4 heteroatoms. The van der Waals surface area contributed by atoms with Crippen molar-refractivity contribution in [2.75, 3.05) is 20.7 Å². The second-order valence-corrected chi connectivity index (χ2v) is 3.82. The maximum Gasteiger partial charge on any atom is 0.259 e. The van der Waals surface area contributed by atoms with E-state index in [0.29, 0.717) is 11.1 Å². The van der Waals surface area contributed by atoms with Gasteiger partial charge in [-0.3, -0.25) is 9.59 Å². The van der Waals surface area contributed by atoms with Crippen molar-refractivity contribution in [1.82, 2.24) is 4.90 Å². The third kappa shape index (κ3) is 2.82. The van der Waals surface area contributed by atoms with Gasteiger partial charge in [-0.25, -0.2) is 0 Å². The summed E-state index contributed by atoms with van der Waals surface area (Å²) in [4.78, 5) is 24.3. The Bertz CT molecular complexity index is 402. The SMILES string of the molecule is C=C1C=C(C)C(=O)C(OCC(=O)N(C)C)=C1. The van der Waals surface area contributed by atoms with Gasteiger partial charge in [0.15, 0.2) is 12.4 Å². The van der Waals surface area contributed by atoms with Gasteiger partial charge in [0.2, 0.25) is 5.78 Å². The number of hydrogen-bond donors (Lipinski definition) is 0. The van der Waals surface area contributed by atoms with E-state index in [1.807, 2.05) is 0 Å². The minimum atomic E-state index is -0.195. The molecule has 0 saturated heterocycles. The van der Waals surface area contributed by atoms with Crippen LogP contribution in [0.25, 0.3) is 0 Å². The van der Waals surface area contributed by atoms with E-state index >= 15 is 0 Å². The fourth-order valence-corrected chi connectivity index (χ4v) is 1.19. The van der Waals surface area contributed by atoms with Gasteiger partial charge in [-0.15, -0.1) is 0 Å². The summed E-state index contributed by atoms with van der Waals surface area (Å²) >= 11 is 0. The summed E-state index contributed by atoms with van der Waals surface area (Å²) in [5, 5.41) is 0. The number of allylic oxidation sites excluding steroid dienone is 4. The zero-order valence-corrected chi connectivity index (χ0v) is 9.74. The standard InChI is InChI=1S/C12H15NO3/c1-8-5-9(2)12(15)10(6-8)16-7-11(14)13(3)4/h5-6H,1,7H2,2-4H3. The van der Waals surface area contributed by atoms with Gasteiger partial charge in [0.05, 0.1) is 0 Å². The molecule has 0 N–H and O–H groups in total. The van der Waals surface area contributed by atoms with E-state index in [1.165, 1.54) is 11.0 Å².